The molecule has 2 rings (SSSR count). The largest absolute Gasteiger partial charge is 0.495 e. The molecule has 3 nitrogen and oxygen atoms in total. The van der Waals surface area contributed by atoms with Crippen molar-refractivity contribution in [1.29, 1.82) is 0 Å². The Bertz CT molecular complexity index is 664. The van der Waals surface area contributed by atoms with E-state index in [1.807, 2.05) is 12.1 Å². The number of benzene rings is 2. The van der Waals surface area contributed by atoms with Crippen molar-refractivity contribution in [3.8, 4) is 5.75 Å². The van der Waals surface area contributed by atoms with Crippen molar-refractivity contribution in [2.24, 2.45) is 5.73 Å². The highest BCUT2D eigenvalue weighted by Crippen LogP contribution is 2.30. The summed E-state index contributed by atoms with van der Waals surface area (Å²) in [7, 11) is 1.57. The number of thiocarbonyl (C=S) groups is 1. The van der Waals surface area contributed by atoms with Gasteiger partial charge in [-0.05, 0) is 46.3 Å². The average Bonchev–Trinajstić information content (AvgIpc) is 2.42. The van der Waals surface area contributed by atoms with Crippen LogP contribution in [0.1, 0.15) is 5.56 Å². The SMILES string of the molecule is COc1cc(Nc2ccc(C(N)=S)cc2F)ccc1Br. The second kappa shape index (κ2) is 6.19. The lowest BCUT2D eigenvalue weighted by Gasteiger charge is -2.11. The third-order valence-electron chi connectivity index (χ3n) is 2.68. The summed E-state index contributed by atoms with van der Waals surface area (Å²) in [6.07, 6.45) is 0. The third kappa shape index (κ3) is 3.26. The quantitative estimate of drug-likeness (QED) is 0.815. The first-order valence-electron chi connectivity index (χ1n) is 5.71. The lowest BCUT2D eigenvalue weighted by Crippen LogP contribution is -2.09. The lowest BCUT2D eigenvalue weighted by atomic mass is 10.2. The number of hydrogen-bond donors (Lipinski definition) is 2. The van der Waals surface area contributed by atoms with Gasteiger partial charge >= 0.3 is 0 Å². The van der Waals surface area contributed by atoms with Crippen molar-refractivity contribution in [1.82, 2.24) is 0 Å². The maximum atomic E-state index is 13.9. The van der Waals surface area contributed by atoms with Gasteiger partial charge in [0, 0.05) is 17.3 Å². The smallest absolute Gasteiger partial charge is 0.147 e. The van der Waals surface area contributed by atoms with Crippen molar-refractivity contribution in [3.63, 3.8) is 0 Å². The Morgan fingerprint density at radius 3 is 2.65 bits per heavy atom. The monoisotopic (exact) mass is 354 g/mol. The van der Waals surface area contributed by atoms with Gasteiger partial charge in [0.15, 0.2) is 0 Å². The second-order valence-electron chi connectivity index (χ2n) is 4.03. The maximum Gasteiger partial charge on any atom is 0.147 e. The molecule has 0 bridgehead atoms. The number of ether oxygens (including phenoxy) is 1. The van der Waals surface area contributed by atoms with E-state index in [9.17, 15) is 4.39 Å². The van der Waals surface area contributed by atoms with E-state index in [2.05, 4.69) is 21.2 Å². The predicted molar refractivity (Wildman–Crippen MR) is 86.3 cm³/mol. The van der Waals surface area contributed by atoms with E-state index in [4.69, 9.17) is 22.7 Å². The molecule has 0 amide bonds. The molecule has 0 heterocycles. The summed E-state index contributed by atoms with van der Waals surface area (Å²) in [5.41, 5.74) is 7.02. The zero-order chi connectivity index (χ0) is 14.7. The molecule has 2 aromatic rings. The van der Waals surface area contributed by atoms with E-state index < -0.39 is 5.82 Å². The van der Waals surface area contributed by atoms with Crippen LogP contribution in [0.15, 0.2) is 40.9 Å². The van der Waals surface area contributed by atoms with Crippen LogP contribution in [0, 0.1) is 5.82 Å². The summed E-state index contributed by atoms with van der Waals surface area (Å²) >= 11 is 8.17. The van der Waals surface area contributed by atoms with Crippen LogP contribution in [-0.4, -0.2) is 12.1 Å². The summed E-state index contributed by atoms with van der Waals surface area (Å²) in [6, 6.07) is 9.98. The number of rotatable bonds is 4. The van der Waals surface area contributed by atoms with Gasteiger partial charge in [0.1, 0.15) is 16.6 Å². The molecule has 104 valence electrons. The van der Waals surface area contributed by atoms with Gasteiger partial charge in [-0.15, -0.1) is 0 Å². The fourth-order valence-electron chi connectivity index (χ4n) is 1.66. The highest BCUT2D eigenvalue weighted by molar-refractivity contribution is 9.10. The van der Waals surface area contributed by atoms with Crippen LogP contribution in [0.3, 0.4) is 0 Å². The predicted octanol–water partition coefficient (Wildman–Crippen LogP) is 3.97. The number of hydrogen-bond acceptors (Lipinski definition) is 3. The zero-order valence-electron chi connectivity index (χ0n) is 10.6. The van der Waals surface area contributed by atoms with E-state index >= 15 is 0 Å². The Balaban J connectivity index is 2.28. The Labute approximate surface area is 130 Å². The minimum absolute atomic E-state index is 0.167. The molecular formula is C14H12BrFN2OS. The summed E-state index contributed by atoms with van der Waals surface area (Å²) in [4.78, 5) is 0.167. The molecule has 6 heteroatoms. The fraction of sp³-hybridized carbons (Fsp3) is 0.0714. The molecule has 2 aromatic carbocycles. The fourth-order valence-corrected chi connectivity index (χ4v) is 2.20. The third-order valence-corrected chi connectivity index (χ3v) is 3.57. The van der Waals surface area contributed by atoms with Crippen molar-refractivity contribution < 1.29 is 9.13 Å². The molecule has 0 aliphatic rings. The second-order valence-corrected chi connectivity index (χ2v) is 5.33. The normalized spacial score (nSPS) is 10.2. The van der Waals surface area contributed by atoms with E-state index in [0.717, 1.165) is 4.47 Å². The van der Waals surface area contributed by atoms with Crippen molar-refractivity contribution in [3.05, 3.63) is 52.3 Å². The Hall–Kier alpha value is -1.66. The van der Waals surface area contributed by atoms with Gasteiger partial charge in [-0.1, -0.05) is 12.2 Å². The van der Waals surface area contributed by atoms with Gasteiger partial charge < -0.3 is 15.8 Å². The van der Waals surface area contributed by atoms with Gasteiger partial charge in [0.2, 0.25) is 0 Å². The van der Waals surface area contributed by atoms with Crippen LogP contribution < -0.4 is 15.8 Å². The highest BCUT2D eigenvalue weighted by atomic mass is 79.9. The van der Waals surface area contributed by atoms with Gasteiger partial charge in [-0.3, -0.25) is 0 Å². The molecule has 0 radical (unpaired) electrons. The number of anilines is 2. The highest BCUT2D eigenvalue weighted by Gasteiger charge is 2.07. The van der Waals surface area contributed by atoms with Gasteiger partial charge in [-0.2, -0.15) is 0 Å². The van der Waals surface area contributed by atoms with Crippen LogP contribution in [0.5, 0.6) is 5.75 Å². The molecule has 0 saturated heterocycles. The Morgan fingerprint density at radius 2 is 2.05 bits per heavy atom. The summed E-state index contributed by atoms with van der Waals surface area (Å²) in [5, 5.41) is 2.98. The minimum atomic E-state index is -0.419. The average molecular weight is 355 g/mol. The standard InChI is InChI=1S/C14H12BrFN2OS/c1-19-13-7-9(3-4-10(13)15)18-12-5-2-8(14(17)20)6-11(12)16/h2-7,18H,1H3,(H2,17,20). The first kappa shape index (κ1) is 14.7. The van der Waals surface area contributed by atoms with E-state index in [1.54, 1.807) is 25.3 Å². The molecule has 0 spiro atoms. The first-order valence-corrected chi connectivity index (χ1v) is 6.91. The molecule has 0 aromatic heterocycles. The van der Waals surface area contributed by atoms with Gasteiger partial charge in [0.25, 0.3) is 0 Å². The molecule has 3 N–H and O–H groups in total. The first-order chi connectivity index (χ1) is 9.51. The van der Waals surface area contributed by atoms with E-state index in [0.29, 0.717) is 22.7 Å². The molecule has 0 aliphatic heterocycles. The summed E-state index contributed by atoms with van der Waals surface area (Å²) < 4.78 is 20.0. The van der Waals surface area contributed by atoms with Crippen LogP contribution in [-0.2, 0) is 0 Å². The molecule has 20 heavy (non-hydrogen) atoms. The number of nitrogens with one attached hydrogen (secondary N) is 1. The Kier molecular flexibility index (Phi) is 4.57. The number of nitrogens with two attached hydrogens (primary N) is 1. The topological polar surface area (TPSA) is 47.3 Å². The summed E-state index contributed by atoms with van der Waals surface area (Å²) in [5.74, 6) is 0.243. The van der Waals surface area contributed by atoms with Crippen molar-refractivity contribution in [2.75, 3.05) is 12.4 Å². The van der Waals surface area contributed by atoms with E-state index in [1.165, 1.54) is 6.07 Å². The molecule has 0 saturated carbocycles. The van der Waals surface area contributed by atoms with Crippen LogP contribution in [0.2, 0.25) is 0 Å². The van der Waals surface area contributed by atoms with Gasteiger partial charge in [0.05, 0.1) is 17.3 Å². The molecule has 0 fully saturated rings. The lowest BCUT2D eigenvalue weighted by molar-refractivity contribution is 0.412. The van der Waals surface area contributed by atoms with Crippen molar-refractivity contribution >= 4 is 44.5 Å². The zero-order valence-corrected chi connectivity index (χ0v) is 13.0. The Morgan fingerprint density at radius 1 is 1.30 bits per heavy atom. The molecular weight excluding hydrogens is 343 g/mol. The van der Waals surface area contributed by atoms with Crippen LogP contribution in [0.25, 0.3) is 0 Å². The van der Waals surface area contributed by atoms with E-state index in [-0.39, 0.29) is 4.99 Å². The minimum Gasteiger partial charge on any atom is -0.495 e. The van der Waals surface area contributed by atoms with Crippen molar-refractivity contribution in [2.45, 2.75) is 0 Å². The van der Waals surface area contributed by atoms with Gasteiger partial charge in [-0.25, -0.2) is 4.39 Å². The number of methoxy groups -OCH3 is 1. The molecule has 0 aliphatic carbocycles. The molecule has 0 unspecified atom stereocenters. The van der Waals surface area contributed by atoms with Crippen LogP contribution in [0.4, 0.5) is 15.8 Å². The maximum absolute atomic E-state index is 13.9. The molecule has 0 atom stereocenters. The van der Waals surface area contributed by atoms with Crippen LogP contribution >= 0.6 is 28.1 Å². The number of halogens is 2. The summed E-state index contributed by atoms with van der Waals surface area (Å²) in [6.45, 7) is 0.